The Balaban J connectivity index is 1.43. The molecule has 1 saturated carbocycles. The SMILES string of the molecule is O=C(OCc1ccccc1)N1CCC(OC2CC2)C1. The van der Waals surface area contributed by atoms with Crippen molar-refractivity contribution in [1.82, 2.24) is 4.90 Å². The molecule has 0 N–H and O–H groups in total. The maximum atomic E-state index is 11.9. The summed E-state index contributed by atoms with van der Waals surface area (Å²) in [6, 6.07) is 9.75. The normalized spacial score (nSPS) is 22.5. The van der Waals surface area contributed by atoms with E-state index < -0.39 is 0 Å². The quantitative estimate of drug-likeness (QED) is 0.836. The number of hydrogen-bond donors (Lipinski definition) is 0. The lowest BCUT2D eigenvalue weighted by Gasteiger charge is -2.16. The molecule has 19 heavy (non-hydrogen) atoms. The van der Waals surface area contributed by atoms with Gasteiger partial charge in [0.15, 0.2) is 0 Å². The van der Waals surface area contributed by atoms with Gasteiger partial charge in [0.25, 0.3) is 0 Å². The van der Waals surface area contributed by atoms with Gasteiger partial charge in [0, 0.05) is 6.54 Å². The maximum Gasteiger partial charge on any atom is 0.410 e. The molecule has 1 amide bonds. The number of hydrogen-bond acceptors (Lipinski definition) is 3. The Morgan fingerprint density at radius 2 is 1.95 bits per heavy atom. The molecule has 1 saturated heterocycles. The highest BCUT2D eigenvalue weighted by Crippen LogP contribution is 2.28. The second-order valence-corrected chi connectivity index (χ2v) is 5.23. The van der Waals surface area contributed by atoms with Gasteiger partial charge in [0.2, 0.25) is 0 Å². The van der Waals surface area contributed by atoms with Crippen LogP contribution in [-0.4, -0.2) is 36.3 Å². The molecule has 0 bridgehead atoms. The van der Waals surface area contributed by atoms with Crippen molar-refractivity contribution >= 4 is 6.09 Å². The van der Waals surface area contributed by atoms with Gasteiger partial charge >= 0.3 is 6.09 Å². The number of rotatable bonds is 4. The first kappa shape index (κ1) is 12.5. The van der Waals surface area contributed by atoms with Crippen LogP contribution in [0.5, 0.6) is 0 Å². The minimum atomic E-state index is -0.231. The molecule has 0 radical (unpaired) electrons. The third-order valence-electron chi connectivity index (χ3n) is 3.52. The van der Waals surface area contributed by atoms with Crippen molar-refractivity contribution in [3.63, 3.8) is 0 Å². The van der Waals surface area contributed by atoms with Gasteiger partial charge in [0.1, 0.15) is 6.61 Å². The van der Waals surface area contributed by atoms with Gasteiger partial charge in [-0.15, -0.1) is 0 Å². The van der Waals surface area contributed by atoms with E-state index in [0.29, 0.717) is 19.3 Å². The summed E-state index contributed by atoms with van der Waals surface area (Å²) in [6.45, 7) is 1.75. The fourth-order valence-corrected chi connectivity index (χ4v) is 2.29. The summed E-state index contributed by atoms with van der Waals surface area (Å²) >= 11 is 0. The number of amides is 1. The molecule has 1 aromatic rings. The molecule has 1 aliphatic carbocycles. The van der Waals surface area contributed by atoms with Crippen LogP contribution in [0.2, 0.25) is 0 Å². The van der Waals surface area contributed by atoms with Gasteiger partial charge in [-0.2, -0.15) is 0 Å². The van der Waals surface area contributed by atoms with Crippen molar-refractivity contribution in [2.75, 3.05) is 13.1 Å². The third-order valence-corrected chi connectivity index (χ3v) is 3.52. The predicted octanol–water partition coefficient (Wildman–Crippen LogP) is 2.58. The van der Waals surface area contributed by atoms with Crippen molar-refractivity contribution in [1.29, 1.82) is 0 Å². The van der Waals surface area contributed by atoms with E-state index >= 15 is 0 Å². The molecule has 3 rings (SSSR count). The van der Waals surface area contributed by atoms with E-state index in [0.717, 1.165) is 18.5 Å². The van der Waals surface area contributed by atoms with Gasteiger partial charge in [0.05, 0.1) is 18.8 Å². The van der Waals surface area contributed by atoms with Crippen LogP contribution in [0.15, 0.2) is 30.3 Å². The molecule has 1 aliphatic heterocycles. The van der Waals surface area contributed by atoms with Gasteiger partial charge in [-0.1, -0.05) is 30.3 Å². The lowest BCUT2D eigenvalue weighted by atomic mass is 10.2. The highest BCUT2D eigenvalue weighted by Gasteiger charge is 2.32. The summed E-state index contributed by atoms with van der Waals surface area (Å²) in [7, 11) is 0. The van der Waals surface area contributed by atoms with Crippen molar-refractivity contribution < 1.29 is 14.3 Å². The van der Waals surface area contributed by atoms with Crippen LogP contribution in [0.25, 0.3) is 0 Å². The fourth-order valence-electron chi connectivity index (χ4n) is 2.29. The standard InChI is InChI=1S/C15H19NO3/c17-15(18-11-12-4-2-1-3-5-12)16-9-8-14(10-16)19-13-6-7-13/h1-5,13-14H,6-11H2. The van der Waals surface area contributed by atoms with Crippen LogP contribution in [-0.2, 0) is 16.1 Å². The van der Waals surface area contributed by atoms with Gasteiger partial charge < -0.3 is 14.4 Å². The first-order valence-electron chi connectivity index (χ1n) is 6.92. The first-order chi connectivity index (χ1) is 9.31. The Kier molecular flexibility index (Phi) is 3.69. The van der Waals surface area contributed by atoms with Crippen LogP contribution < -0.4 is 0 Å². The second kappa shape index (κ2) is 5.61. The maximum absolute atomic E-state index is 11.9. The Morgan fingerprint density at radius 1 is 1.16 bits per heavy atom. The van der Waals surface area contributed by atoms with Gasteiger partial charge in [-0.05, 0) is 24.8 Å². The fraction of sp³-hybridized carbons (Fsp3) is 0.533. The van der Waals surface area contributed by atoms with Crippen LogP contribution in [0.3, 0.4) is 0 Å². The van der Waals surface area contributed by atoms with Crippen molar-refractivity contribution in [3.8, 4) is 0 Å². The molecule has 0 spiro atoms. The summed E-state index contributed by atoms with van der Waals surface area (Å²) in [5, 5.41) is 0. The van der Waals surface area contributed by atoms with Crippen molar-refractivity contribution in [3.05, 3.63) is 35.9 Å². The first-order valence-corrected chi connectivity index (χ1v) is 6.92. The molecular formula is C15H19NO3. The molecule has 0 aromatic heterocycles. The predicted molar refractivity (Wildman–Crippen MR) is 70.7 cm³/mol. The monoisotopic (exact) mass is 261 g/mol. The van der Waals surface area contributed by atoms with Crippen molar-refractivity contribution in [2.45, 2.75) is 38.1 Å². The lowest BCUT2D eigenvalue weighted by Crippen LogP contribution is -2.30. The van der Waals surface area contributed by atoms with Crippen LogP contribution in [0, 0.1) is 0 Å². The second-order valence-electron chi connectivity index (χ2n) is 5.23. The molecule has 1 unspecified atom stereocenters. The summed E-state index contributed by atoms with van der Waals surface area (Å²) in [6.07, 6.45) is 3.70. The zero-order valence-corrected chi connectivity index (χ0v) is 11.0. The minimum absolute atomic E-state index is 0.205. The average molecular weight is 261 g/mol. The molecule has 4 heteroatoms. The molecule has 2 aliphatic rings. The molecule has 1 aromatic carbocycles. The van der Waals surface area contributed by atoms with Crippen LogP contribution in [0.1, 0.15) is 24.8 Å². The number of nitrogens with zero attached hydrogens (tertiary/aromatic N) is 1. The number of carbonyl (C=O) groups excluding carboxylic acids is 1. The Bertz CT molecular complexity index is 430. The smallest absolute Gasteiger partial charge is 0.410 e. The summed E-state index contributed by atoms with van der Waals surface area (Å²) < 4.78 is 11.1. The Hall–Kier alpha value is -1.55. The van der Waals surface area contributed by atoms with Gasteiger partial charge in [-0.3, -0.25) is 0 Å². The number of ether oxygens (including phenoxy) is 2. The third kappa shape index (κ3) is 3.47. The summed E-state index contributed by atoms with van der Waals surface area (Å²) in [4.78, 5) is 13.7. The largest absolute Gasteiger partial charge is 0.445 e. The molecule has 102 valence electrons. The van der Waals surface area contributed by atoms with Crippen LogP contribution in [0.4, 0.5) is 4.79 Å². The summed E-state index contributed by atoms with van der Waals surface area (Å²) in [5.74, 6) is 0. The molecule has 1 heterocycles. The highest BCUT2D eigenvalue weighted by atomic mass is 16.6. The topological polar surface area (TPSA) is 38.8 Å². The van der Waals surface area contributed by atoms with E-state index in [-0.39, 0.29) is 12.2 Å². The van der Waals surface area contributed by atoms with E-state index in [1.54, 1.807) is 4.90 Å². The van der Waals surface area contributed by atoms with E-state index in [1.165, 1.54) is 12.8 Å². The molecule has 1 atom stereocenters. The summed E-state index contributed by atoms with van der Waals surface area (Å²) in [5.41, 5.74) is 1.01. The molecule has 2 fully saturated rings. The van der Waals surface area contributed by atoms with E-state index in [4.69, 9.17) is 9.47 Å². The zero-order chi connectivity index (χ0) is 13.1. The molecule has 4 nitrogen and oxygen atoms in total. The highest BCUT2D eigenvalue weighted by molar-refractivity contribution is 5.68. The van der Waals surface area contributed by atoms with Crippen molar-refractivity contribution in [2.24, 2.45) is 0 Å². The van der Waals surface area contributed by atoms with E-state index in [2.05, 4.69) is 0 Å². The Morgan fingerprint density at radius 3 is 2.68 bits per heavy atom. The van der Waals surface area contributed by atoms with E-state index in [1.807, 2.05) is 30.3 Å². The van der Waals surface area contributed by atoms with Crippen LogP contribution >= 0.6 is 0 Å². The van der Waals surface area contributed by atoms with E-state index in [9.17, 15) is 4.79 Å². The number of likely N-dealkylation sites (tertiary alicyclic amines) is 1. The Labute approximate surface area is 113 Å². The number of benzene rings is 1. The molecular weight excluding hydrogens is 242 g/mol. The lowest BCUT2D eigenvalue weighted by molar-refractivity contribution is 0.0426. The number of carbonyl (C=O) groups is 1. The van der Waals surface area contributed by atoms with Gasteiger partial charge in [-0.25, -0.2) is 4.79 Å². The average Bonchev–Trinajstić information content (AvgIpc) is 3.13. The zero-order valence-electron chi connectivity index (χ0n) is 11.0. The minimum Gasteiger partial charge on any atom is -0.445 e.